The molecule has 0 aliphatic carbocycles. The van der Waals surface area contributed by atoms with Crippen LogP contribution >= 0.6 is 0 Å². The summed E-state index contributed by atoms with van der Waals surface area (Å²) in [4.78, 5) is 11.7. The first-order chi connectivity index (χ1) is 14.2. The van der Waals surface area contributed by atoms with Crippen LogP contribution in [0, 0.1) is 17.2 Å². The van der Waals surface area contributed by atoms with Gasteiger partial charge in [0, 0.05) is 11.5 Å². The van der Waals surface area contributed by atoms with Gasteiger partial charge >= 0.3 is 5.97 Å². The van der Waals surface area contributed by atoms with Crippen LogP contribution in [0.15, 0.2) is 86.0 Å². The lowest BCUT2D eigenvalue weighted by Crippen LogP contribution is -2.39. The number of allylic oxidation sites excluding steroid dienone is 1. The first kappa shape index (κ1) is 22.2. The van der Waals surface area contributed by atoms with Gasteiger partial charge in [-0.05, 0) is 30.4 Å². The number of rotatable bonds is 12. The minimum absolute atomic E-state index is 0.0256. The summed E-state index contributed by atoms with van der Waals surface area (Å²) in [5.74, 6) is -1.03. The minimum Gasteiger partial charge on any atom is -0.461 e. The van der Waals surface area contributed by atoms with Crippen molar-refractivity contribution in [2.24, 2.45) is 5.92 Å². The molecule has 0 aliphatic rings. The molecular weight excluding hydrogens is 358 g/mol. The van der Waals surface area contributed by atoms with Crippen molar-refractivity contribution in [1.82, 2.24) is 0 Å². The predicted octanol–water partition coefficient (Wildman–Crippen LogP) is 5.98. The number of carbonyl (C=O) groups excluding carboxylic acids is 1. The van der Waals surface area contributed by atoms with Crippen LogP contribution in [0.5, 0.6) is 0 Å². The molecule has 3 nitrogen and oxygen atoms in total. The van der Waals surface area contributed by atoms with Crippen LogP contribution in [0.1, 0.15) is 43.2 Å². The summed E-state index contributed by atoms with van der Waals surface area (Å²) in [6, 6.07) is 22.6. The van der Waals surface area contributed by atoms with Crippen molar-refractivity contribution in [3.63, 3.8) is 0 Å². The molecule has 2 aromatic carbocycles. The Morgan fingerprint density at radius 1 is 1.00 bits per heavy atom. The first-order valence-corrected chi connectivity index (χ1v) is 10.1. The number of nitrogens with zero attached hydrogens (tertiary/aromatic N) is 1. The van der Waals surface area contributed by atoms with Gasteiger partial charge in [-0.3, -0.25) is 0 Å². The lowest BCUT2D eigenvalue weighted by atomic mass is 9.63. The first-order valence-electron chi connectivity index (χ1n) is 10.1. The van der Waals surface area contributed by atoms with Crippen LogP contribution in [-0.2, 0) is 14.9 Å². The Morgan fingerprint density at radius 2 is 1.59 bits per heavy atom. The zero-order chi connectivity index (χ0) is 21.0. The summed E-state index contributed by atoms with van der Waals surface area (Å²) in [5.41, 5.74) is 1.57. The van der Waals surface area contributed by atoms with E-state index in [1.165, 1.54) is 0 Å². The van der Waals surface area contributed by atoms with Gasteiger partial charge in [-0.2, -0.15) is 5.26 Å². The maximum atomic E-state index is 11.7. The van der Waals surface area contributed by atoms with Crippen molar-refractivity contribution < 1.29 is 9.53 Å². The molecule has 0 N–H and O–H groups in total. The molecule has 150 valence electrons. The van der Waals surface area contributed by atoms with Gasteiger partial charge in [0.2, 0.25) is 0 Å². The number of hydrogen-bond donors (Lipinski definition) is 0. The molecule has 0 amide bonds. The molecular formula is C26H29NO2. The number of unbranched alkanes of at least 4 members (excludes halogenated alkanes) is 3. The normalized spacial score (nSPS) is 11.8. The molecule has 0 bridgehead atoms. The summed E-state index contributed by atoms with van der Waals surface area (Å²) >= 11 is 0. The van der Waals surface area contributed by atoms with E-state index >= 15 is 0 Å². The molecule has 3 heteroatoms. The van der Waals surface area contributed by atoms with E-state index in [4.69, 9.17) is 4.74 Å². The Kier molecular flexibility index (Phi) is 8.92. The molecule has 0 saturated heterocycles. The topological polar surface area (TPSA) is 50.1 Å². The van der Waals surface area contributed by atoms with E-state index in [-0.39, 0.29) is 6.61 Å². The molecule has 2 aromatic rings. The molecule has 29 heavy (non-hydrogen) atoms. The van der Waals surface area contributed by atoms with E-state index in [0.717, 1.165) is 49.3 Å². The highest BCUT2D eigenvalue weighted by atomic mass is 16.5. The Morgan fingerprint density at radius 3 is 2.07 bits per heavy atom. The fourth-order valence-electron chi connectivity index (χ4n) is 3.89. The summed E-state index contributed by atoms with van der Waals surface area (Å²) in [5, 5.41) is 10.1. The number of benzene rings is 2. The average molecular weight is 388 g/mol. The van der Waals surface area contributed by atoms with Crippen molar-refractivity contribution in [2.75, 3.05) is 6.61 Å². The third kappa shape index (κ3) is 5.68. The number of ether oxygens (including phenoxy) is 1. The average Bonchev–Trinajstić information content (AvgIpc) is 2.78. The fourth-order valence-corrected chi connectivity index (χ4v) is 3.89. The summed E-state index contributed by atoms with van der Waals surface area (Å²) in [6.45, 7) is 7.27. The lowest BCUT2D eigenvalue weighted by Gasteiger charge is -2.39. The van der Waals surface area contributed by atoms with Crippen LogP contribution < -0.4 is 0 Å². The van der Waals surface area contributed by atoms with Crippen molar-refractivity contribution in [2.45, 2.75) is 37.5 Å². The van der Waals surface area contributed by atoms with Crippen molar-refractivity contribution in [1.29, 1.82) is 5.26 Å². The van der Waals surface area contributed by atoms with Gasteiger partial charge in [0.05, 0.1) is 12.0 Å². The smallest absolute Gasteiger partial charge is 0.330 e. The highest BCUT2D eigenvalue weighted by Gasteiger charge is 2.42. The molecule has 2 rings (SSSR count). The molecule has 0 radical (unpaired) electrons. The standard InChI is InChI=1S/C26H29NO2/c1-3-5-6-7-14-19-26(22-15-10-8-11-16-22,23-17-12-9-13-18-23)24(20-27)21-29-25(28)4-2/h3-4,8-13,15-18,24H,1-2,5-7,14,19,21H2. The molecule has 0 heterocycles. The van der Waals surface area contributed by atoms with Gasteiger partial charge in [0.1, 0.15) is 6.61 Å². The summed E-state index contributed by atoms with van der Waals surface area (Å²) in [7, 11) is 0. The minimum atomic E-state index is -0.563. The Balaban J connectivity index is 2.49. The van der Waals surface area contributed by atoms with Gasteiger partial charge in [0.15, 0.2) is 0 Å². The SMILES string of the molecule is C=CCCCCCC(c1ccccc1)(c1ccccc1)C(C#N)COC(=O)C=C. The van der Waals surface area contributed by atoms with Gasteiger partial charge in [0.25, 0.3) is 0 Å². The molecule has 0 fully saturated rings. The molecule has 0 saturated carbocycles. The van der Waals surface area contributed by atoms with Crippen LogP contribution in [0.3, 0.4) is 0 Å². The Bertz CT molecular complexity index is 781. The maximum Gasteiger partial charge on any atom is 0.330 e. The zero-order valence-corrected chi connectivity index (χ0v) is 16.9. The monoisotopic (exact) mass is 387 g/mol. The van der Waals surface area contributed by atoms with Crippen LogP contribution in [-0.4, -0.2) is 12.6 Å². The molecule has 0 aliphatic heterocycles. The second-order valence-electron chi connectivity index (χ2n) is 7.11. The van der Waals surface area contributed by atoms with Gasteiger partial charge < -0.3 is 4.74 Å². The Hall–Kier alpha value is -3.12. The second kappa shape index (κ2) is 11.7. The van der Waals surface area contributed by atoms with E-state index in [1.807, 2.05) is 42.5 Å². The van der Waals surface area contributed by atoms with E-state index in [0.29, 0.717) is 0 Å². The largest absolute Gasteiger partial charge is 0.461 e. The van der Waals surface area contributed by atoms with Crippen LogP contribution in [0.2, 0.25) is 0 Å². The third-order valence-corrected chi connectivity index (χ3v) is 5.37. The predicted molar refractivity (Wildman–Crippen MR) is 117 cm³/mol. The van der Waals surface area contributed by atoms with Crippen LogP contribution in [0.25, 0.3) is 0 Å². The van der Waals surface area contributed by atoms with Crippen molar-refractivity contribution in [3.8, 4) is 6.07 Å². The zero-order valence-electron chi connectivity index (χ0n) is 16.9. The van der Waals surface area contributed by atoms with Crippen molar-refractivity contribution in [3.05, 3.63) is 97.1 Å². The molecule has 0 aromatic heterocycles. The summed E-state index contributed by atoms with van der Waals surface area (Å²) in [6.07, 6.45) is 7.95. The number of nitriles is 1. The second-order valence-corrected chi connectivity index (χ2v) is 7.11. The number of hydrogen-bond acceptors (Lipinski definition) is 3. The van der Waals surface area contributed by atoms with E-state index < -0.39 is 17.3 Å². The van der Waals surface area contributed by atoms with Gasteiger partial charge in [-0.25, -0.2) is 4.79 Å². The maximum absolute atomic E-state index is 11.7. The van der Waals surface area contributed by atoms with E-state index in [9.17, 15) is 10.1 Å². The van der Waals surface area contributed by atoms with Crippen LogP contribution in [0.4, 0.5) is 0 Å². The molecule has 1 unspecified atom stereocenters. The fraction of sp³-hybridized carbons (Fsp3) is 0.308. The van der Waals surface area contributed by atoms with Gasteiger partial charge in [-0.1, -0.05) is 86.2 Å². The number of carbonyl (C=O) groups is 1. The number of esters is 1. The van der Waals surface area contributed by atoms with E-state index in [2.05, 4.69) is 43.5 Å². The third-order valence-electron chi connectivity index (χ3n) is 5.37. The molecule has 1 atom stereocenters. The van der Waals surface area contributed by atoms with E-state index in [1.54, 1.807) is 0 Å². The summed E-state index contributed by atoms with van der Waals surface area (Å²) < 4.78 is 5.35. The Labute approximate surface area is 174 Å². The quantitative estimate of drug-likeness (QED) is 0.195. The van der Waals surface area contributed by atoms with Gasteiger partial charge in [-0.15, -0.1) is 6.58 Å². The highest BCUT2D eigenvalue weighted by molar-refractivity contribution is 5.81. The highest BCUT2D eigenvalue weighted by Crippen LogP contribution is 2.44. The molecule has 0 spiro atoms. The van der Waals surface area contributed by atoms with Crippen molar-refractivity contribution >= 4 is 5.97 Å². The lowest BCUT2D eigenvalue weighted by molar-refractivity contribution is -0.139.